The fraction of sp³-hybridized carbons (Fsp3) is 0.450. The Hall–Kier alpha value is -2.43. The van der Waals surface area contributed by atoms with Gasteiger partial charge in [-0.1, -0.05) is 52.0 Å². The van der Waals surface area contributed by atoms with Crippen LogP contribution in [0.5, 0.6) is 0 Å². The number of aromatic nitrogens is 2. The van der Waals surface area contributed by atoms with Gasteiger partial charge in [-0.25, -0.2) is 9.97 Å². The number of carbonyl (C=O) groups is 1. The molecule has 1 atom stereocenters. The molecule has 0 bridgehead atoms. The van der Waals surface area contributed by atoms with Crippen LogP contribution >= 0.6 is 0 Å². The van der Waals surface area contributed by atoms with Gasteiger partial charge in [-0.3, -0.25) is 4.79 Å². The third-order valence-corrected chi connectivity index (χ3v) is 4.73. The first-order chi connectivity index (χ1) is 11.9. The van der Waals surface area contributed by atoms with E-state index in [1.165, 1.54) is 11.1 Å². The number of anilines is 1. The van der Waals surface area contributed by atoms with Gasteiger partial charge in [0.15, 0.2) is 0 Å². The van der Waals surface area contributed by atoms with Gasteiger partial charge in [-0.05, 0) is 17.0 Å². The van der Waals surface area contributed by atoms with E-state index in [2.05, 4.69) is 44.8 Å². The van der Waals surface area contributed by atoms with E-state index < -0.39 is 0 Å². The highest BCUT2D eigenvalue weighted by molar-refractivity contribution is 5.84. The molecular formula is C20H26N4O. The Kier molecular flexibility index (Phi) is 4.75. The van der Waals surface area contributed by atoms with Gasteiger partial charge in [0.25, 0.3) is 0 Å². The number of fused-ring (bicyclic) bond motifs is 1. The summed E-state index contributed by atoms with van der Waals surface area (Å²) in [6.45, 7) is 9.04. The van der Waals surface area contributed by atoms with Gasteiger partial charge < -0.3 is 10.6 Å². The second kappa shape index (κ2) is 6.82. The van der Waals surface area contributed by atoms with Crippen molar-refractivity contribution >= 4 is 11.7 Å². The molecule has 0 aliphatic carbocycles. The predicted molar refractivity (Wildman–Crippen MR) is 99.5 cm³/mol. The van der Waals surface area contributed by atoms with Crippen LogP contribution in [0.25, 0.3) is 0 Å². The monoisotopic (exact) mass is 338 g/mol. The summed E-state index contributed by atoms with van der Waals surface area (Å²) in [5, 5.41) is 0. The summed E-state index contributed by atoms with van der Waals surface area (Å²) in [5.74, 6) is 1.80. The highest BCUT2D eigenvalue weighted by atomic mass is 16.1. The Bertz CT molecular complexity index is 759. The number of carbonyl (C=O) groups excluding carboxylic acids is 1. The van der Waals surface area contributed by atoms with Crippen LogP contribution in [0.2, 0.25) is 0 Å². The maximum absolute atomic E-state index is 12.1. The van der Waals surface area contributed by atoms with Crippen LogP contribution in [0, 0.1) is 0 Å². The normalized spacial score (nSPS) is 17.0. The second-order valence-electron chi connectivity index (χ2n) is 7.34. The zero-order chi connectivity index (χ0) is 18.1. The third kappa shape index (κ3) is 3.50. The van der Waals surface area contributed by atoms with Crippen molar-refractivity contribution in [2.75, 3.05) is 4.90 Å². The molecular weight excluding hydrogens is 312 g/mol. The third-order valence-electron chi connectivity index (χ3n) is 4.73. The van der Waals surface area contributed by atoms with Crippen LogP contribution in [0.1, 0.15) is 62.2 Å². The van der Waals surface area contributed by atoms with Crippen LogP contribution in [0.3, 0.4) is 0 Å². The minimum atomic E-state index is -0.384. The van der Waals surface area contributed by atoms with Crippen molar-refractivity contribution in [1.29, 1.82) is 0 Å². The van der Waals surface area contributed by atoms with E-state index in [9.17, 15) is 4.79 Å². The Morgan fingerprint density at radius 1 is 1.12 bits per heavy atom. The lowest BCUT2D eigenvalue weighted by Crippen LogP contribution is -2.49. The van der Waals surface area contributed by atoms with Gasteiger partial charge in [0.1, 0.15) is 17.7 Å². The lowest BCUT2D eigenvalue weighted by atomic mass is 9.93. The summed E-state index contributed by atoms with van der Waals surface area (Å²) < 4.78 is 0. The average molecular weight is 338 g/mol. The first kappa shape index (κ1) is 17.4. The van der Waals surface area contributed by atoms with Crippen molar-refractivity contribution in [2.45, 2.75) is 58.5 Å². The maximum Gasteiger partial charge on any atom is 0.240 e. The summed E-state index contributed by atoms with van der Waals surface area (Å²) in [4.78, 5) is 23.6. The Balaban J connectivity index is 2.08. The number of primary amides is 1. The molecule has 1 aromatic carbocycles. The highest BCUT2D eigenvalue weighted by Gasteiger charge is 2.31. The largest absolute Gasteiger partial charge is 0.368 e. The molecule has 3 rings (SSSR count). The summed E-state index contributed by atoms with van der Waals surface area (Å²) in [6.07, 6.45) is 0.615. The van der Waals surface area contributed by atoms with Crippen molar-refractivity contribution in [3.63, 3.8) is 0 Å². The fourth-order valence-corrected chi connectivity index (χ4v) is 3.19. The van der Waals surface area contributed by atoms with Gasteiger partial charge in [0, 0.05) is 30.6 Å². The highest BCUT2D eigenvalue weighted by Crippen LogP contribution is 2.29. The van der Waals surface area contributed by atoms with E-state index in [1.54, 1.807) is 0 Å². The molecule has 2 N–H and O–H groups in total. The molecule has 0 saturated heterocycles. The van der Waals surface area contributed by atoms with Gasteiger partial charge in [0.05, 0.1) is 0 Å². The number of benzene rings is 1. The molecule has 0 unspecified atom stereocenters. The predicted octanol–water partition coefficient (Wildman–Crippen LogP) is 3.14. The average Bonchev–Trinajstić information content (AvgIpc) is 2.60. The molecule has 2 aromatic rings. The number of nitrogens with zero attached hydrogens (tertiary/aromatic N) is 3. The molecule has 5 nitrogen and oxygen atoms in total. The quantitative estimate of drug-likeness (QED) is 0.929. The summed E-state index contributed by atoms with van der Waals surface area (Å²) in [7, 11) is 0. The Morgan fingerprint density at radius 2 is 1.80 bits per heavy atom. The molecule has 1 aromatic heterocycles. The van der Waals surface area contributed by atoms with Gasteiger partial charge in [-0.15, -0.1) is 0 Å². The zero-order valence-electron chi connectivity index (χ0n) is 15.4. The molecule has 0 radical (unpaired) electrons. The fourth-order valence-electron chi connectivity index (χ4n) is 3.19. The lowest BCUT2D eigenvalue weighted by Gasteiger charge is -2.36. The number of hydrogen-bond acceptors (Lipinski definition) is 4. The molecule has 2 heterocycles. The van der Waals surface area contributed by atoms with Crippen LogP contribution in [-0.4, -0.2) is 21.9 Å². The first-order valence-corrected chi connectivity index (χ1v) is 8.88. The van der Waals surface area contributed by atoms with Gasteiger partial charge in [0.2, 0.25) is 5.91 Å². The standard InChI is InChI=1S/C20H26N4O/c1-12(2)16-10-18(23-20(22-16)13(3)4)24-11-15-8-6-5-7-14(15)9-17(24)19(21)25/h5-8,10,12-13,17H,9,11H2,1-4H3,(H2,21,25)/t17-/m0/s1. The van der Waals surface area contributed by atoms with Gasteiger partial charge >= 0.3 is 0 Å². The molecule has 0 fully saturated rings. The molecule has 5 heteroatoms. The smallest absolute Gasteiger partial charge is 0.240 e. The number of amides is 1. The summed E-state index contributed by atoms with van der Waals surface area (Å²) in [6, 6.07) is 9.83. The van der Waals surface area contributed by atoms with Crippen molar-refractivity contribution in [1.82, 2.24) is 9.97 Å². The summed E-state index contributed by atoms with van der Waals surface area (Å²) in [5.41, 5.74) is 9.12. The Labute approximate surface area is 149 Å². The van der Waals surface area contributed by atoms with E-state index in [0.29, 0.717) is 18.9 Å². The van der Waals surface area contributed by atoms with Crippen LogP contribution in [0.4, 0.5) is 5.82 Å². The van der Waals surface area contributed by atoms with Crippen LogP contribution in [-0.2, 0) is 17.8 Å². The zero-order valence-corrected chi connectivity index (χ0v) is 15.4. The molecule has 1 aliphatic rings. The van der Waals surface area contributed by atoms with Gasteiger partial charge in [-0.2, -0.15) is 0 Å². The first-order valence-electron chi connectivity index (χ1n) is 8.88. The lowest BCUT2D eigenvalue weighted by molar-refractivity contribution is -0.119. The topological polar surface area (TPSA) is 72.1 Å². The number of hydrogen-bond donors (Lipinski definition) is 1. The van der Waals surface area contributed by atoms with Crippen LogP contribution < -0.4 is 10.6 Å². The minimum absolute atomic E-state index is 0.224. The van der Waals surface area contributed by atoms with E-state index in [4.69, 9.17) is 10.7 Å². The molecule has 0 saturated carbocycles. The second-order valence-corrected chi connectivity index (χ2v) is 7.34. The van der Waals surface area contributed by atoms with E-state index >= 15 is 0 Å². The molecule has 1 amide bonds. The number of rotatable bonds is 4. The molecule has 1 aliphatic heterocycles. The molecule has 0 spiro atoms. The van der Waals surface area contributed by atoms with E-state index in [-0.39, 0.29) is 17.9 Å². The van der Waals surface area contributed by atoms with E-state index in [0.717, 1.165) is 17.3 Å². The van der Waals surface area contributed by atoms with Crippen molar-refractivity contribution < 1.29 is 4.79 Å². The SMILES string of the molecule is CC(C)c1cc(N2Cc3ccccc3C[C@H]2C(N)=O)nc(C(C)C)n1. The maximum atomic E-state index is 12.1. The van der Waals surface area contributed by atoms with E-state index in [1.807, 2.05) is 23.1 Å². The Morgan fingerprint density at radius 3 is 2.40 bits per heavy atom. The van der Waals surface area contributed by atoms with Crippen molar-refractivity contribution in [3.05, 3.63) is 53.0 Å². The van der Waals surface area contributed by atoms with Crippen molar-refractivity contribution in [2.24, 2.45) is 5.73 Å². The minimum Gasteiger partial charge on any atom is -0.368 e. The van der Waals surface area contributed by atoms with Crippen LogP contribution in [0.15, 0.2) is 30.3 Å². The van der Waals surface area contributed by atoms with Crippen molar-refractivity contribution in [3.8, 4) is 0 Å². The number of nitrogens with two attached hydrogens (primary N) is 1. The molecule has 132 valence electrons. The summed E-state index contributed by atoms with van der Waals surface area (Å²) >= 11 is 0. The molecule has 25 heavy (non-hydrogen) atoms.